The SMILES string of the molecule is C=CCOC(=O)N(CC1CN(C2(CC#N)CCC2)C1)C1CC1c1ccccc1. The lowest BCUT2D eigenvalue weighted by atomic mass is 9.71. The number of rotatable bonds is 8. The molecule has 2 unspecified atom stereocenters. The Labute approximate surface area is 167 Å². The molecule has 0 radical (unpaired) electrons. The van der Waals surface area contributed by atoms with Crippen LogP contribution in [0.15, 0.2) is 43.0 Å². The van der Waals surface area contributed by atoms with Crippen molar-refractivity contribution in [3.8, 4) is 6.07 Å². The van der Waals surface area contributed by atoms with Gasteiger partial charge in [-0.3, -0.25) is 4.90 Å². The molecule has 1 aromatic carbocycles. The standard InChI is InChI=1S/C23H29N3O2/c1-2-13-28-22(27)26(21-14-20(21)19-7-4-3-5-8-19)17-18-15-25(16-18)23(11-12-24)9-6-10-23/h2-5,7-8,18,20-21H,1,6,9-11,13-17H2. The van der Waals surface area contributed by atoms with Gasteiger partial charge in [0.2, 0.25) is 0 Å². The number of hydrogen-bond acceptors (Lipinski definition) is 4. The molecule has 5 nitrogen and oxygen atoms in total. The van der Waals surface area contributed by atoms with Gasteiger partial charge in [-0.2, -0.15) is 5.26 Å². The summed E-state index contributed by atoms with van der Waals surface area (Å²) in [6, 6.07) is 13.0. The van der Waals surface area contributed by atoms with E-state index in [0.717, 1.165) is 38.9 Å². The number of benzene rings is 1. The van der Waals surface area contributed by atoms with Crippen LogP contribution < -0.4 is 0 Å². The maximum absolute atomic E-state index is 12.7. The molecular formula is C23H29N3O2. The minimum atomic E-state index is -0.225. The van der Waals surface area contributed by atoms with Gasteiger partial charge in [0.05, 0.1) is 12.5 Å². The highest BCUT2D eigenvalue weighted by molar-refractivity contribution is 5.69. The second-order valence-electron chi connectivity index (χ2n) is 8.52. The van der Waals surface area contributed by atoms with Gasteiger partial charge in [-0.15, -0.1) is 0 Å². The Morgan fingerprint density at radius 3 is 2.71 bits per heavy atom. The predicted molar refractivity (Wildman–Crippen MR) is 108 cm³/mol. The molecule has 5 heteroatoms. The summed E-state index contributed by atoms with van der Waals surface area (Å²) in [5.74, 6) is 0.870. The molecule has 4 rings (SSSR count). The summed E-state index contributed by atoms with van der Waals surface area (Å²) >= 11 is 0. The summed E-state index contributed by atoms with van der Waals surface area (Å²) in [6.07, 6.45) is 6.52. The molecule has 28 heavy (non-hydrogen) atoms. The van der Waals surface area contributed by atoms with Crippen molar-refractivity contribution in [2.45, 2.75) is 49.6 Å². The zero-order valence-corrected chi connectivity index (χ0v) is 16.4. The summed E-state index contributed by atoms with van der Waals surface area (Å²) in [7, 11) is 0. The third-order valence-corrected chi connectivity index (χ3v) is 6.72. The molecule has 0 aromatic heterocycles. The van der Waals surface area contributed by atoms with Crippen molar-refractivity contribution in [1.82, 2.24) is 9.80 Å². The fourth-order valence-electron chi connectivity index (χ4n) is 4.83. The Morgan fingerprint density at radius 1 is 1.36 bits per heavy atom. The minimum absolute atomic E-state index is 0.117. The molecule has 1 saturated heterocycles. The van der Waals surface area contributed by atoms with Crippen LogP contribution in [-0.4, -0.2) is 53.7 Å². The summed E-state index contributed by atoms with van der Waals surface area (Å²) in [4.78, 5) is 17.1. The first-order chi connectivity index (χ1) is 13.7. The zero-order valence-electron chi connectivity index (χ0n) is 16.4. The summed E-state index contributed by atoms with van der Waals surface area (Å²) in [5.41, 5.74) is 1.41. The van der Waals surface area contributed by atoms with E-state index in [1.54, 1.807) is 6.08 Å². The number of nitrogens with zero attached hydrogens (tertiary/aromatic N) is 3. The maximum atomic E-state index is 12.7. The van der Waals surface area contributed by atoms with E-state index >= 15 is 0 Å². The highest BCUT2D eigenvalue weighted by Gasteiger charge is 2.50. The maximum Gasteiger partial charge on any atom is 0.410 e. The Morgan fingerprint density at radius 2 is 2.11 bits per heavy atom. The fraction of sp³-hybridized carbons (Fsp3) is 0.565. The molecule has 3 fully saturated rings. The number of likely N-dealkylation sites (tertiary alicyclic amines) is 1. The molecule has 2 saturated carbocycles. The van der Waals surface area contributed by atoms with Gasteiger partial charge in [0.15, 0.2) is 0 Å². The summed E-state index contributed by atoms with van der Waals surface area (Å²) < 4.78 is 5.39. The van der Waals surface area contributed by atoms with Crippen LogP contribution in [0.5, 0.6) is 0 Å². The van der Waals surface area contributed by atoms with Gasteiger partial charge in [-0.25, -0.2) is 4.79 Å². The van der Waals surface area contributed by atoms with Gasteiger partial charge in [0, 0.05) is 43.1 Å². The molecule has 2 atom stereocenters. The average Bonchev–Trinajstić information content (AvgIpc) is 3.44. The second kappa shape index (κ2) is 7.97. The molecule has 3 aliphatic rings. The van der Waals surface area contributed by atoms with E-state index in [4.69, 9.17) is 10.00 Å². The molecule has 2 aliphatic carbocycles. The van der Waals surface area contributed by atoms with Crippen molar-refractivity contribution in [3.63, 3.8) is 0 Å². The average molecular weight is 380 g/mol. The first-order valence-corrected chi connectivity index (χ1v) is 10.4. The Kier molecular flexibility index (Phi) is 5.41. The first kappa shape index (κ1) is 19.0. The first-order valence-electron chi connectivity index (χ1n) is 10.4. The van der Waals surface area contributed by atoms with Gasteiger partial charge in [0.1, 0.15) is 6.61 Å². The van der Waals surface area contributed by atoms with Gasteiger partial charge in [0.25, 0.3) is 0 Å². The van der Waals surface area contributed by atoms with Crippen LogP contribution in [0.25, 0.3) is 0 Å². The fourth-order valence-corrected chi connectivity index (χ4v) is 4.83. The highest BCUT2D eigenvalue weighted by Crippen LogP contribution is 2.47. The number of amides is 1. The highest BCUT2D eigenvalue weighted by atomic mass is 16.6. The van der Waals surface area contributed by atoms with E-state index in [-0.39, 0.29) is 24.3 Å². The van der Waals surface area contributed by atoms with Gasteiger partial charge in [-0.05, 0) is 31.2 Å². The Hall–Kier alpha value is -2.32. The van der Waals surface area contributed by atoms with Crippen LogP contribution in [-0.2, 0) is 4.74 Å². The molecular weight excluding hydrogens is 350 g/mol. The van der Waals surface area contributed by atoms with Crippen molar-refractivity contribution in [2.24, 2.45) is 5.92 Å². The lowest BCUT2D eigenvalue weighted by Crippen LogP contribution is -2.64. The third kappa shape index (κ3) is 3.66. The molecule has 0 N–H and O–H groups in total. The van der Waals surface area contributed by atoms with E-state index in [1.807, 2.05) is 11.0 Å². The van der Waals surface area contributed by atoms with Crippen LogP contribution in [0.2, 0.25) is 0 Å². The van der Waals surface area contributed by atoms with E-state index in [0.29, 0.717) is 18.3 Å². The van der Waals surface area contributed by atoms with Crippen molar-refractivity contribution >= 4 is 6.09 Å². The van der Waals surface area contributed by atoms with E-state index < -0.39 is 0 Å². The molecule has 148 valence electrons. The van der Waals surface area contributed by atoms with Gasteiger partial charge in [-0.1, -0.05) is 43.0 Å². The lowest BCUT2D eigenvalue weighted by molar-refractivity contribution is -0.0663. The smallest absolute Gasteiger partial charge is 0.410 e. The monoisotopic (exact) mass is 379 g/mol. The number of hydrogen-bond donors (Lipinski definition) is 0. The summed E-state index contributed by atoms with van der Waals surface area (Å²) in [6.45, 7) is 6.60. The third-order valence-electron chi connectivity index (χ3n) is 6.72. The molecule has 1 heterocycles. The van der Waals surface area contributed by atoms with Crippen molar-refractivity contribution in [2.75, 3.05) is 26.2 Å². The normalized spacial score (nSPS) is 25.7. The van der Waals surface area contributed by atoms with Crippen molar-refractivity contribution < 1.29 is 9.53 Å². The van der Waals surface area contributed by atoms with E-state index in [1.165, 1.54) is 12.0 Å². The van der Waals surface area contributed by atoms with E-state index in [9.17, 15) is 4.79 Å². The lowest BCUT2D eigenvalue weighted by Gasteiger charge is -2.56. The van der Waals surface area contributed by atoms with Crippen molar-refractivity contribution in [3.05, 3.63) is 48.6 Å². The Balaban J connectivity index is 1.37. The number of carbonyl (C=O) groups excluding carboxylic acids is 1. The second-order valence-corrected chi connectivity index (χ2v) is 8.52. The number of nitriles is 1. The summed E-state index contributed by atoms with van der Waals surface area (Å²) in [5, 5.41) is 9.17. The molecule has 1 amide bonds. The van der Waals surface area contributed by atoms with Gasteiger partial charge >= 0.3 is 6.09 Å². The van der Waals surface area contributed by atoms with Crippen LogP contribution in [0, 0.1) is 17.2 Å². The molecule has 0 spiro atoms. The van der Waals surface area contributed by atoms with Crippen LogP contribution in [0.1, 0.15) is 43.6 Å². The topological polar surface area (TPSA) is 56.6 Å². The predicted octanol–water partition coefficient (Wildman–Crippen LogP) is 3.94. The zero-order chi connectivity index (χ0) is 19.6. The van der Waals surface area contributed by atoms with Crippen molar-refractivity contribution in [1.29, 1.82) is 5.26 Å². The quantitative estimate of drug-likeness (QED) is 0.642. The van der Waals surface area contributed by atoms with Crippen LogP contribution in [0.4, 0.5) is 4.79 Å². The molecule has 1 aromatic rings. The number of carbonyl (C=O) groups is 1. The van der Waals surface area contributed by atoms with E-state index in [2.05, 4.69) is 41.8 Å². The largest absolute Gasteiger partial charge is 0.445 e. The van der Waals surface area contributed by atoms with Gasteiger partial charge < -0.3 is 9.64 Å². The molecule has 0 bridgehead atoms. The van der Waals surface area contributed by atoms with Crippen LogP contribution in [0.3, 0.4) is 0 Å². The molecule has 1 aliphatic heterocycles. The Bertz CT molecular complexity index is 747. The van der Waals surface area contributed by atoms with Crippen LogP contribution >= 0.6 is 0 Å². The number of ether oxygens (including phenoxy) is 1. The minimum Gasteiger partial charge on any atom is -0.445 e.